The third-order valence-corrected chi connectivity index (χ3v) is 2.32. The Hall–Kier alpha value is -0.650. The van der Waals surface area contributed by atoms with Crippen LogP contribution in [0.1, 0.15) is 0 Å². The number of aromatic nitrogens is 4. The van der Waals surface area contributed by atoms with E-state index in [1.807, 2.05) is 0 Å². The minimum Gasteiger partial charge on any atom is -0.225 e. The fraction of sp³-hybridized carbons (Fsp3) is 0. The summed E-state index contributed by atoms with van der Waals surface area (Å²) in [5.41, 5.74) is 0. The van der Waals surface area contributed by atoms with Crippen LogP contribution in [0.2, 0.25) is 10.3 Å². The van der Waals surface area contributed by atoms with Gasteiger partial charge in [-0.05, 0) is 27.5 Å². The zero-order valence-electron chi connectivity index (χ0n) is 6.65. The van der Waals surface area contributed by atoms with E-state index in [1.165, 1.54) is 10.9 Å². The smallest absolute Gasteiger partial charge is 0.224 e. The molecule has 0 unspecified atom stereocenters. The molecule has 7 heteroatoms. The lowest BCUT2D eigenvalue weighted by Crippen LogP contribution is -2.00. The summed E-state index contributed by atoms with van der Waals surface area (Å²) in [4.78, 5) is 7.70. The first-order chi connectivity index (χ1) is 6.66. The molecule has 14 heavy (non-hydrogen) atoms. The van der Waals surface area contributed by atoms with Crippen LogP contribution in [-0.4, -0.2) is 19.7 Å². The van der Waals surface area contributed by atoms with Gasteiger partial charge in [-0.3, -0.25) is 0 Å². The summed E-state index contributed by atoms with van der Waals surface area (Å²) in [6, 6.07) is 0. The van der Waals surface area contributed by atoms with Gasteiger partial charge in [0, 0.05) is 6.20 Å². The second-order valence-corrected chi connectivity index (χ2v) is 4.07. The number of hydrogen-bond donors (Lipinski definition) is 0. The highest BCUT2D eigenvalue weighted by atomic mass is 79.9. The first-order valence-corrected chi connectivity index (χ1v) is 5.10. The van der Waals surface area contributed by atoms with Gasteiger partial charge < -0.3 is 0 Å². The lowest BCUT2D eigenvalue weighted by Gasteiger charge is -2.01. The summed E-state index contributed by atoms with van der Waals surface area (Å²) in [5, 5.41) is 4.55. The molecule has 0 aliphatic carbocycles. The van der Waals surface area contributed by atoms with Crippen LogP contribution in [-0.2, 0) is 0 Å². The van der Waals surface area contributed by atoms with Gasteiger partial charge in [0.1, 0.15) is 5.02 Å². The Morgan fingerprint density at radius 2 is 2.07 bits per heavy atom. The van der Waals surface area contributed by atoms with Crippen LogP contribution < -0.4 is 0 Å². The molecule has 0 N–H and O–H groups in total. The van der Waals surface area contributed by atoms with Gasteiger partial charge in [0.2, 0.25) is 5.28 Å². The van der Waals surface area contributed by atoms with Gasteiger partial charge in [-0.2, -0.15) is 10.1 Å². The Morgan fingerprint density at radius 3 is 2.71 bits per heavy atom. The molecular weight excluding hydrogens is 291 g/mol. The van der Waals surface area contributed by atoms with Gasteiger partial charge in [0.15, 0.2) is 5.82 Å². The van der Waals surface area contributed by atoms with Crippen LogP contribution in [0.15, 0.2) is 23.1 Å². The number of hydrogen-bond acceptors (Lipinski definition) is 3. The van der Waals surface area contributed by atoms with E-state index in [-0.39, 0.29) is 5.28 Å². The molecule has 2 aromatic rings. The van der Waals surface area contributed by atoms with E-state index in [9.17, 15) is 0 Å². The largest absolute Gasteiger partial charge is 0.225 e. The first kappa shape index (κ1) is 9.89. The molecule has 0 aliphatic heterocycles. The van der Waals surface area contributed by atoms with Crippen LogP contribution >= 0.6 is 39.1 Å². The predicted molar refractivity (Wildman–Crippen MR) is 56.9 cm³/mol. The molecule has 2 rings (SSSR count). The Balaban J connectivity index is 2.55. The second-order valence-electron chi connectivity index (χ2n) is 2.41. The summed E-state index contributed by atoms with van der Waals surface area (Å²) in [6.45, 7) is 0. The quantitative estimate of drug-likeness (QED) is 0.760. The minimum absolute atomic E-state index is 0.135. The highest BCUT2D eigenvalue weighted by molar-refractivity contribution is 9.10. The van der Waals surface area contributed by atoms with Gasteiger partial charge in [-0.25, -0.2) is 9.67 Å². The monoisotopic (exact) mass is 292 g/mol. The highest BCUT2D eigenvalue weighted by Crippen LogP contribution is 2.19. The molecule has 0 bridgehead atoms. The molecule has 0 radical (unpaired) electrons. The van der Waals surface area contributed by atoms with Crippen molar-refractivity contribution in [2.75, 3.05) is 0 Å². The average molecular weight is 294 g/mol. The van der Waals surface area contributed by atoms with Gasteiger partial charge in [-0.15, -0.1) is 0 Å². The molecule has 2 aromatic heterocycles. The van der Waals surface area contributed by atoms with E-state index in [0.29, 0.717) is 10.8 Å². The second kappa shape index (κ2) is 3.84. The predicted octanol–water partition coefficient (Wildman–Crippen LogP) is 2.73. The fourth-order valence-corrected chi connectivity index (χ4v) is 1.51. The number of nitrogens with zero attached hydrogens (tertiary/aromatic N) is 4. The van der Waals surface area contributed by atoms with Crippen LogP contribution in [0.4, 0.5) is 0 Å². The van der Waals surface area contributed by atoms with Gasteiger partial charge in [0.05, 0.1) is 16.9 Å². The van der Waals surface area contributed by atoms with E-state index in [2.05, 4.69) is 31.0 Å². The maximum Gasteiger partial charge on any atom is 0.224 e. The summed E-state index contributed by atoms with van der Waals surface area (Å²) in [6.07, 6.45) is 4.79. The highest BCUT2D eigenvalue weighted by Gasteiger charge is 2.07. The Bertz CT molecular complexity index is 470. The van der Waals surface area contributed by atoms with E-state index >= 15 is 0 Å². The average Bonchev–Trinajstić information content (AvgIpc) is 2.56. The zero-order chi connectivity index (χ0) is 10.1. The van der Waals surface area contributed by atoms with Crippen molar-refractivity contribution >= 4 is 39.1 Å². The van der Waals surface area contributed by atoms with Crippen molar-refractivity contribution < 1.29 is 0 Å². The van der Waals surface area contributed by atoms with Gasteiger partial charge >= 0.3 is 0 Å². The molecule has 72 valence electrons. The van der Waals surface area contributed by atoms with E-state index in [0.717, 1.165) is 4.47 Å². The van der Waals surface area contributed by atoms with E-state index in [4.69, 9.17) is 23.2 Å². The van der Waals surface area contributed by atoms with E-state index < -0.39 is 0 Å². The van der Waals surface area contributed by atoms with Crippen molar-refractivity contribution in [3.8, 4) is 5.82 Å². The van der Waals surface area contributed by atoms with Crippen molar-refractivity contribution in [1.82, 2.24) is 19.7 Å². The molecule has 2 heterocycles. The van der Waals surface area contributed by atoms with Crippen molar-refractivity contribution in [1.29, 1.82) is 0 Å². The maximum absolute atomic E-state index is 5.88. The maximum atomic E-state index is 5.88. The van der Waals surface area contributed by atoms with Crippen LogP contribution in [0.25, 0.3) is 5.82 Å². The Kier molecular flexibility index (Phi) is 2.71. The third-order valence-electron chi connectivity index (χ3n) is 1.46. The zero-order valence-corrected chi connectivity index (χ0v) is 9.75. The molecule has 0 spiro atoms. The summed E-state index contributed by atoms with van der Waals surface area (Å²) < 4.78 is 2.35. The Labute approximate surface area is 98.0 Å². The molecule has 0 amide bonds. The van der Waals surface area contributed by atoms with Gasteiger partial charge in [-0.1, -0.05) is 11.6 Å². The van der Waals surface area contributed by atoms with E-state index in [1.54, 1.807) is 12.4 Å². The first-order valence-electron chi connectivity index (χ1n) is 3.55. The molecule has 0 aromatic carbocycles. The lowest BCUT2D eigenvalue weighted by molar-refractivity contribution is 0.840. The molecular formula is C7H3BrCl2N4. The Morgan fingerprint density at radius 1 is 1.29 bits per heavy atom. The summed E-state index contributed by atoms with van der Waals surface area (Å²) >= 11 is 14.8. The van der Waals surface area contributed by atoms with Crippen LogP contribution in [0, 0.1) is 0 Å². The van der Waals surface area contributed by atoms with Crippen LogP contribution in [0.5, 0.6) is 0 Å². The van der Waals surface area contributed by atoms with Crippen LogP contribution in [0.3, 0.4) is 0 Å². The summed E-state index contributed by atoms with van der Waals surface area (Å²) in [7, 11) is 0. The molecule has 0 saturated heterocycles. The normalized spacial score (nSPS) is 10.5. The van der Waals surface area contributed by atoms with Gasteiger partial charge in [0.25, 0.3) is 0 Å². The third kappa shape index (κ3) is 1.89. The molecule has 4 nitrogen and oxygen atoms in total. The van der Waals surface area contributed by atoms with Crippen molar-refractivity contribution in [3.63, 3.8) is 0 Å². The fourth-order valence-electron chi connectivity index (χ4n) is 0.915. The summed E-state index contributed by atoms with van der Waals surface area (Å²) in [5.74, 6) is 0.456. The van der Waals surface area contributed by atoms with Crippen molar-refractivity contribution in [2.45, 2.75) is 0 Å². The lowest BCUT2D eigenvalue weighted by atomic mass is 10.6. The number of rotatable bonds is 1. The molecule has 0 fully saturated rings. The standard InChI is InChI=1S/C7H3BrCl2N4/c8-4-1-12-14(3-4)6-5(9)2-11-7(10)13-6/h1-3H. The minimum atomic E-state index is 0.135. The SMILES string of the molecule is Clc1ncc(Cl)c(-n2cc(Br)cn2)n1. The molecule has 0 saturated carbocycles. The van der Waals surface area contributed by atoms with Crippen molar-refractivity contribution in [2.24, 2.45) is 0 Å². The van der Waals surface area contributed by atoms with Crippen molar-refractivity contribution in [3.05, 3.63) is 33.4 Å². The number of halogens is 3. The molecule has 0 atom stereocenters. The topological polar surface area (TPSA) is 43.6 Å². The molecule has 0 aliphatic rings.